The number of amides is 1. The van der Waals surface area contributed by atoms with E-state index in [9.17, 15) is 13.2 Å². The molecule has 0 aromatic heterocycles. The maximum atomic E-state index is 11.6. The average Bonchev–Trinajstić information content (AvgIpc) is 2.46. The highest BCUT2D eigenvalue weighted by Crippen LogP contribution is 2.18. The van der Waals surface area contributed by atoms with Crippen LogP contribution in [0.15, 0.2) is 0 Å². The van der Waals surface area contributed by atoms with Gasteiger partial charge >= 0.3 is 0 Å². The lowest BCUT2D eigenvalue weighted by molar-refractivity contribution is -0.125. The number of ether oxygens (including phenoxy) is 1. The zero-order valence-electron chi connectivity index (χ0n) is 9.02. The van der Waals surface area contributed by atoms with Crippen molar-refractivity contribution in [3.8, 4) is 0 Å². The van der Waals surface area contributed by atoms with Crippen LogP contribution < -0.4 is 5.32 Å². The van der Waals surface area contributed by atoms with Crippen molar-refractivity contribution < 1.29 is 17.9 Å². The first-order chi connectivity index (χ1) is 6.94. The summed E-state index contributed by atoms with van der Waals surface area (Å²) in [7, 11) is -1.42. The van der Waals surface area contributed by atoms with Crippen molar-refractivity contribution in [2.24, 2.45) is 5.92 Å². The molecule has 1 aliphatic rings. The fourth-order valence-corrected chi connectivity index (χ4v) is 3.40. The summed E-state index contributed by atoms with van der Waals surface area (Å²) in [6.07, 6.45) is 0.438. The van der Waals surface area contributed by atoms with Gasteiger partial charge < -0.3 is 10.1 Å². The molecule has 0 aliphatic carbocycles. The van der Waals surface area contributed by atoms with Crippen molar-refractivity contribution >= 4 is 15.7 Å². The Bertz CT molecular complexity index is 325. The number of hydrogen-bond acceptors (Lipinski definition) is 4. The molecule has 1 rings (SSSR count). The van der Waals surface area contributed by atoms with Gasteiger partial charge in [-0.3, -0.25) is 4.79 Å². The van der Waals surface area contributed by atoms with E-state index >= 15 is 0 Å². The molecule has 0 aromatic rings. The SMILES string of the molecule is COCC(C)NC(=O)C1CCS(=O)(=O)C1. The molecule has 1 amide bonds. The second-order valence-electron chi connectivity index (χ2n) is 3.96. The molecule has 1 heterocycles. The van der Waals surface area contributed by atoms with Crippen LogP contribution in [0.2, 0.25) is 0 Å². The number of carbonyl (C=O) groups excluding carboxylic acids is 1. The highest BCUT2D eigenvalue weighted by molar-refractivity contribution is 7.91. The molecule has 0 aromatic carbocycles. The predicted molar refractivity (Wildman–Crippen MR) is 56.2 cm³/mol. The van der Waals surface area contributed by atoms with E-state index in [4.69, 9.17) is 4.74 Å². The smallest absolute Gasteiger partial charge is 0.224 e. The van der Waals surface area contributed by atoms with Gasteiger partial charge in [-0.25, -0.2) is 8.42 Å². The summed E-state index contributed by atoms with van der Waals surface area (Å²) in [5, 5.41) is 2.73. The summed E-state index contributed by atoms with van der Waals surface area (Å²) in [6.45, 7) is 2.26. The normalized spacial score (nSPS) is 26.1. The van der Waals surface area contributed by atoms with Crippen molar-refractivity contribution in [2.45, 2.75) is 19.4 Å². The van der Waals surface area contributed by atoms with Gasteiger partial charge in [-0.05, 0) is 13.3 Å². The Kier molecular flexibility index (Phi) is 4.10. The minimum absolute atomic E-state index is 0.0153. The number of sulfone groups is 1. The largest absolute Gasteiger partial charge is 0.383 e. The summed E-state index contributed by atoms with van der Waals surface area (Å²) in [5.41, 5.74) is 0. The van der Waals surface area contributed by atoms with E-state index in [1.165, 1.54) is 0 Å². The number of carbonyl (C=O) groups is 1. The van der Waals surface area contributed by atoms with Crippen molar-refractivity contribution in [3.63, 3.8) is 0 Å². The number of rotatable bonds is 4. The molecular weight excluding hydrogens is 218 g/mol. The number of methoxy groups -OCH3 is 1. The number of nitrogens with one attached hydrogen (secondary N) is 1. The third-order valence-electron chi connectivity index (χ3n) is 2.41. The molecule has 88 valence electrons. The Labute approximate surface area is 90.1 Å². The van der Waals surface area contributed by atoms with E-state index in [0.717, 1.165) is 0 Å². The second kappa shape index (κ2) is 4.94. The third kappa shape index (κ3) is 3.79. The maximum absolute atomic E-state index is 11.6. The molecule has 1 N–H and O–H groups in total. The first-order valence-electron chi connectivity index (χ1n) is 4.94. The van der Waals surface area contributed by atoms with Crippen LogP contribution >= 0.6 is 0 Å². The van der Waals surface area contributed by atoms with E-state index in [1.54, 1.807) is 7.11 Å². The molecule has 1 fully saturated rings. The molecule has 15 heavy (non-hydrogen) atoms. The van der Waals surface area contributed by atoms with E-state index in [0.29, 0.717) is 13.0 Å². The van der Waals surface area contributed by atoms with Gasteiger partial charge in [0, 0.05) is 13.2 Å². The molecule has 1 saturated heterocycles. The minimum atomic E-state index is -2.98. The second-order valence-corrected chi connectivity index (χ2v) is 6.19. The summed E-state index contributed by atoms with van der Waals surface area (Å²) >= 11 is 0. The lowest BCUT2D eigenvalue weighted by atomic mass is 10.1. The van der Waals surface area contributed by atoms with Crippen LogP contribution in [0, 0.1) is 5.92 Å². The van der Waals surface area contributed by atoms with Crippen LogP contribution in [0.25, 0.3) is 0 Å². The predicted octanol–water partition coefficient (Wildman–Crippen LogP) is -0.428. The molecule has 0 radical (unpaired) electrons. The van der Waals surface area contributed by atoms with E-state index in [1.807, 2.05) is 6.92 Å². The zero-order chi connectivity index (χ0) is 11.5. The zero-order valence-corrected chi connectivity index (χ0v) is 9.84. The molecule has 2 atom stereocenters. The molecule has 0 bridgehead atoms. The topological polar surface area (TPSA) is 72.5 Å². The van der Waals surface area contributed by atoms with Crippen molar-refractivity contribution in [3.05, 3.63) is 0 Å². The van der Waals surface area contributed by atoms with E-state index in [-0.39, 0.29) is 29.4 Å². The molecule has 6 heteroatoms. The highest BCUT2D eigenvalue weighted by atomic mass is 32.2. The van der Waals surface area contributed by atoms with Crippen LogP contribution in [0.5, 0.6) is 0 Å². The van der Waals surface area contributed by atoms with Gasteiger partial charge in [0.1, 0.15) is 0 Å². The van der Waals surface area contributed by atoms with Crippen LogP contribution in [0.3, 0.4) is 0 Å². The molecular formula is C9H17NO4S. The van der Waals surface area contributed by atoms with Crippen molar-refractivity contribution in [2.75, 3.05) is 25.2 Å². The maximum Gasteiger partial charge on any atom is 0.224 e. The fraction of sp³-hybridized carbons (Fsp3) is 0.889. The summed E-state index contributed by atoms with van der Waals surface area (Å²) in [4.78, 5) is 11.6. The average molecular weight is 235 g/mol. The van der Waals surface area contributed by atoms with E-state index < -0.39 is 9.84 Å². The minimum Gasteiger partial charge on any atom is -0.383 e. The first kappa shape index (κ1) is 12.4. The van der Waals surface area contributed by atoms with Gasteiger partial charge in [0.05, 0.1) is 24.0 Å². The molecule has 2 unspecified atom stereocenters. The molecule has 5 nitrogen and oxygen atoms in total. The lowest BCUT2D eigenvalue weighted by Crippen LogP contribution is -2.39. The highest BCUT2D eigenvalue weighted by Gasteiger charge is 2.33. The summed E-state index contributed by atoms with van der Waals surface area (Å²) in [5.74, 6) is -0.447. The van der Waals surface area contributed by atoms with Gasteiger partial charge in [0.2, 0.25) is 5.91 Å². The molecule has 1 aliphatic heterocycles. The van der Waals surface area contributed by atoms with E-state index in [2.05, 4.69) is 5.32 Å². The van der Waals surface area contributed by atoms with Crippen LogP contribution in [0.1, 0.15) is 13.3 Å². The molecule has 0 saturated carbocycles. The Morgan fingerprint density at radius 1 is 1.60 bits per heavy atom. The van der Waals surface area contributed by atoms with Crippen molar-refractivity contribution in [1.29, 1.82) is 0 Å². The van der Waals surface area contributed by atoms with Gasteiger partial charge in [0.25, 0.3) is 0 Å². The Balaban J connectivity index is 2.42. The molecule has 0 spiro atoms. The monoisotopic (exact) mass is 235 g/mol. The summed E-state index contributed by atoms with van der Waals surface area (Å²) < 4.78 is 27.2. The Morgan fingerprint density at radius 3 is 2.73 bits per heavy atom. The van der Waals surface area contributed by atoms with Gasteiger partial charge in [-0.1, -0.05) is 0 Å². The van der Waals surface area contributed by atoms with Gasteiger partial charge in [-0.2, -0.15) is 0 Å². The van der Waals surface area contributed by atoms with Crippen molar-refractivity contribution in [1.82, 2.24) is 5.32 Å². The Hall–Kier alpha value is -0.620. The fourth-order valence-electron chi connectivity index (χ4n) is 1.65. The van der Waals surface area contributed by atoms with Crippen LogP contribution in [0.4, 0.5) is 0 Å². The van der Waals surface area contributed by atoms with Crippen LogP contribution in [-0.2, 0) is 19.4 Å². The Morgan fingerprint density at radius 2 is 2.27 bits per heavy atom. The quantitative estimate of drug-likeness (QED) is 0.718. The lowest BCUT2D eigenvalue weighted by Gasteiger charge is -2.15. The first-order valence-corrected chi connectivity index (χ1v) is 6.76. The van der Waals surface area contributed by atoms with Crippen LogP contribution in [-0.4, -0.2) is 45.6 Å². The van der Waals surface area contributed by atoms with Gasteiger partial charge in [0.15, 0.2) is 9.84 Å². The van der Waals surface area contributed by atoms with Gasteiger partial charge in [-0.15, -0.1) is 0 Å². The number of hydrogen-bond donors (Lipinski definition) is 1. The third-order valence-corrected chi connectivity index (χ3v) is 4.18. The standard InChI is InChI=1S/C9H17NO4S/c1-7(5-14-2)10-9(11)8-3-4-15(12,13)6-8/h7-8H,3-6H2,1-2H3,(H,10,11). The summed E-state index contributed by atoms with van der Waals surface area (Å²) in [6, 6.07) is -0.0780.